The summed E-state index contributed by atoms with van der Waals surface area (Å²) < 4.78 is 55.5. The lowest BCUT2D eigenvalue weighted by molar-refractivity contribution is -0.186. The maximum atomic E-state index is 13.1. The third-order valence-corrected chi connectivity index (χ3v) is 4.89. The van der Waals surface area contributed by atoms with Gasteiger partial charge in [0.05, 0.1) is 25.8 Å². The molecule has 5 nitrogen and oxygen atoms in total. The Morgan fingerprint density at radius 2 is 1.62 bits per heavy atom. The third-order valence-electron chi connectivity index (χ3n) is 4.27. The van der Waals surface area contributed by atoms with Gasteiger partial charge >= 0.3 is 12.1 Å². The summed E-state index contributed by atoms with van der Waals surface area (Å²) in [7, 11) is 4.45. The van der Waals surface area contributed by atoms with E-state index < -0.39 is 12.1 Å². The Labute approximate surface area is 175 Å². The number of hydrogen-bond donors (Lipinski definition) is 0. The molecular formula is C20H21BrF3NO4. The maximum absolute atomic E-state index is 13.1. The van der Waals surface area contributed by atoms with Gasteiger partial charge in [-0.05, 0) is 57.7 Å². The van der Waals surface area contributed by atoms with Crippen molar-refractivity contribution in [1.29, 1.82) is 0 Å². The molecule has 0 bridgehead atoms. The molecular weight excluding hydrogens is 455 g/mol. The predicted octanol–water partition coefficient (Wildman–Crippen LogP) is 4.61. The van der Waals surface area contributed by atoms with Crippen molar-refractivity contribution < 1.29 is 32.2 Å². The second-order valence-corrected chi connectivity index (χ2v) is 6.98. The van der Waals surface area contributed by atoms with Gasteiger partial charge in [-0.25, -0.2) is 0 Å². The van der Waals surface area contributed by atoms with Gasteiger partial charge < -0.3 is 19.1 Å². The van der Waals surface area contributed by atoms with Crippen molar-refractivity contribution >= 4 is 21.8 Å². The minimum absolute atomic E-state index is 0.147. The highest BCUT2D eigenvalue weighted by molar-refractivity contribution is 9.10. The van der Waals surface area contributed by atoms with E-state index in [2.05, 4.69) is 15.9 Å². The molecule has 0 saturated carbocycles. The lowest BCUT2D eigenvalue weighted by Crippen LogP contribution is -2.41. The van der Waals surface area contributed by atoms with Crippen LogP contribution in [0.1, 0.15) is 11.1 Å². The first-order valence-corrected chi connectivity index (χ1v) is 9.38. The van der Waals surface area contributed by atoms with Crippen LogP contribution in [0.25, 0.3) is 0 Å². The van der Waals surface area contributed by atoms with Gasteiger partial charge in [-0.2, -0.15) is 13.2 Å². The van der Waals surface area contributed by atoms with Crippen LogP contribution in [0, 0.1) is 0 Å². The number of halogens is 4. The highest BCUT2D eigenvalue weighted by Crippen LogP contribution is 2.33. The molecule has 0 aliphatic rings. The summed E-state index contributed by atoms with van der Waals surface area (Å²) in [5.74, 6) is -0.309. The van der Waals surface area contributed by atoms with Crippen LogP contribution in [0.5, 0.6) is 17.2 Å². The van der Waals surface area contributed by atoms with Crippen molar-refractivity contribution in [3.05, 3.63) is 52.0 Å². The first-order chi connectivity index (χ1) is 13.7. The van der Waals surface area contributed by atoms with Gasteiger partial charge in [0.1, 0.15) is 17.2 Å². The lowest BCUT2D eigenvalue weighted by atomic mass is 10.1. The van der Waals surface area contributed by atoms with E-state index in [1.54, 1.807) is 36.4 Å². The van der Waals surface area contributed by atoms with Crippen molar-refractivity contribution in [2.24, 2.45) is 0 Å². The Balaban J connectivity index is 2.25. The Bertz CT molecular complexity index is 841. The van der Waals surface area contributed by atoms with Crippen LogP contribution in [0.15, 0.2) is 40.9 Å². The molecule has 0 spiro atoms. The average Bonchev–Trinajstić information content (AvgIpc) is 2.70. The van der Waals surface area contributed by atoms with E-state index in [1.807, 2.05) is 0 Å². The Morgan fingerprint density at radius 1 is 1.00 bits per heavy atom. The zero-order chi connectivity index (χ0) is 21.6. The van der Waals surface area contributed by atoms with Crippen LogP contribution in [0.3, 0.4) is 0 Å². The summed E-state index contributed by atoms with van der Waals surface area (Å²) in [5, 5.41) is 0. The smallest absolute Gasteiger partial charge is 0.471 e. The van der Waals surface area contributed by atoms with Crippen LogP contribution >= 0.6 is 15.9 Å². The average molecular weight is 476 g/mol. The molecule has 9 heteroatoms. The minimum Gasteiger partial charge on any atom is -0.497 e. The van der Waals surface area contributed by atoms with Crippen LogP contribution in [-0.2, 0) is 17.8 Å². The molecule has 0 atom stereocenters. The molecule has 0 fully saturated rings. The zero-order valence-corrected chi connectivity index (χ0v) is 17.8. The molecule has 0 aromatic heterocycles. The Kier molecular flexibility index (Phi) is 7.78. The highest BCUT2D eigenvalue weighted by Gasteiger charge is 2.42. The predicted molar refractivity (Wildman–Crippen MR) is 105 cm³/mol. The summed E-state index contributed by atoms with van der Waals surface area (Å²) in [4.78, 5) is 12.7. The van der Waals surface area contributed by atoms with Crippen LogP contribution in [-0.4, -0.2) is 44.9 Å². The Hall–Kier alpha value is -2.42. The topological polar surface area (TPSA) is 48.0 Å². The van der Waals surface area contributed by atoms with Crippen molar-refractivity contribution in [2.75, 3.05) is 27.9 Å². The third kappa shape index (κ3) is 6.03. The lowest BCUT2D eigenvalue weighted by Gasteiger charge is -2.24. The molecule has 0 unspecified atom stereocenters. The molecule has 0 aliphatic heterocycles. The number of amides is 1. The number of methoxy groups -OCH3 is 3. The molecule has 0 aliphatic carbocycles. The number of alkyl halides is 3. The molecule has 0 saturated heterocycles. The van der Waals surface area contributed by atoms with E-state index in [0.29, 0.717) is 32.8 Å². The number of carbonyl (C=O) groups excluding carboxylic acids is 1. The molecule has 0 N–H and O–H groups in total. The second-order valence-electron chi connectivity index (χ2n) is 6.12. The maximum Gasteiger partial charge on any atom is 0.471 e. The normalized spacial score (nSPS) is 11.1. The summed E-state index contributed by atoms with van der Waals surface area (Å²) >= 11 is 3.34. The summed E-state index contributed by atoms with van der Waals surface area (Å²) in [6.45, 7) is -0.330. The van der Waals surface area contributed by atoms with Gasteiger partial charge in [0.25, 0.3) is 0 Å². The first kappa shape index (κ1) is 22.9. The SMILES string of the molecule is COc1ccc(CN(CCc2cc(OC)c(Br)cc2OC)C(=O)C(F)(F)F)cc1. The number of hydrogen-bond acceptors (Lipinski definition) is 4. The van der Waals surface area contributed by atoms with Gasteiger partial charge in [-0.1, -0.05) is 12.1 Å². The highest BCUT2D eigenvalue weighted by atomic mass is 79.9. The summed E-state index contributed by atoms with van der Waals surface area (Å²) in [5.41, 5.74) is 1.19. The summed E-state index contributed by atoms with van der Waals surface area (Å²) in [6, 6.07) is 9.86. The minimum atomic E-state index is -4.96. The second kappa shape index (κ2) is 9.87. The fourth-order valence-corrected chi connectivity index (χ4v) is 3.24. The number of benzene rings is 2. The molecule has 2 aromatic rings. The molecule has 2 rings (SSSR count). The Morgan fingerprint density at radius 3 is 2.14 bits per heavy atom. The summed E-state index contributed by atoms with van der Waals surface area (Å²) in [6.07, 6.45) is -4.81. The van der Waals surface area contributed by atoms with E-state index in [-0.39, 0.29) is 19.5 Å². The molecule has 1 amide bonds. The molecule has 2 aromatic carbocycles. The fourth-order valence-electron chi connectivity index (χ4n) is 2.76. The monoisotopic (exact) mass is 475 g/mol. The van der Waals surface area contributed by atoms with Crippen molar-refractivity contribution in [1.82, 2.24) is 4.90 Å². The fraction of sp³-hybridized carbons (Fsp3) is 0.350. The van der Waals surface area contributed by atoms with E-state index >= 15 is 0 Å². The molecule has 0 heterocycles. The van der Waals surface area contributed by atoms with Crippen LogP contribution in [0.4, 0.5) is 13.2 Å². The van der Waals surface area contributed by atoms with Crippen molar-refractivity contribution in [3.63, 3.8) is 0 Å². The quantitative estimate of drug-likeness (QED) is 0.559. The van der Waals surface area contributed by atoms with Crippen molar-refractivity contribution in [3.8, 4) is 17.2 Å². The van der Waals surface area contributed by atoms with Gasteiger partial charge in [-0.15, -0.1) is 0 Å². The van der Waals surface area contributed by atoms with Gasteiger partial charge in [-0.3, -0.25) is 4.79 Å². The van der Waals surface area contributed by atoms with Gasteiger partial charge in [0.2, 0.25) is 0 Å². The van der Waals surface area contributed by atoms with E-state index in [4.69, 9.17) is 14.2 Å². The zero-order valence-electron chi connectivity index (χ0n) is 16.2. The first-order valence-electron chi connectivity index (χ1n) is 8.59. The molecule has 0 radical (unpaired) electrons. The molecule has 29 heavy (non-hydrogen) atoms. The molecule has 158 valence electrons. The number of carbonyl (C=O) groups is 1. The van der Waals surface area contributed by atoms with E-state index in [1.165, 1.54) is 21.3 Å². The number of rotatable bonds is 8. The van der Waals surface area contributed by atoms with Gasteiger partial charge in [0, 0.05) is 13.1 Å². The van der Waals surface area contributed by atoms with Crippen LogP contribution < -0.4 is 14.2 Å². The van der Waals surface area contributed by atoms with Crippen molar-refractivity contribution in [2.45, 2.75) is 19.1 Å². The van der Waals surface area contributed by atoms with E-state index in [9.17, 15) is 18.0 Å². The standard InChI is InChI=1S/C20H21BrF3NO4/c1-27-15-6-4-13(5-7-15)12-25(19(26)20(22,23)24)9-8-14-10-18(29-3)16(21)11-17(14)28-2/h4-7,10-11H,8-9,12H2,1-3H3. The number of ether oxygens (including phenoxy) is 3. The van der Waals surface area contributed by atoms with Crippen LogP contribution in [0.2, 0.25) is 0 Å². The largest absolute Gasteiger partial charge is 0.497 e. The van der Waals surface area contributed by atoms with E-state index in [0.717, 1.165) is 4.90 Å². The van der Waals surface area contributed by atoms with Gasteiger partial charge in [0.15, 0.2) is 0 Å². The number of nitrogens with zero attached hydrogens (tertiary/aromatic N) is 1.